The average Bonchev–Trinajstić information content (AvgIpc) is 3.12. The Morgan fingerprint density at radius 3 is 1.96 bits per heavy atom. The van der Waals surface area contributed by atoms with Crippen LogP contribution in [0, 0.1) is 5.92 Å². The number of rotatable bonds is 21. The van der Waals surface area contributed by atoms with Gasteiger partial charge in [-0.2, -0.15) is 0 Å². The lowest BCUT2D eigenvalue weighted by molar-refractivity contribution is -0.140. The van der Waals surface area contributed by atoms with Gasteiger partial charge in [-0.25, -0.2) is 14.4 Å². The normalized spacial score (nSPS) is 15.5. The van der Waals surface area contributed by atoms with Gasteiger partial charge in [-0.1, -0.05) is 76.6 Å². The van der Waals surface area contributed by atoms with Gasteiger partial charge in [0.25, 0.3) is 0 Å². The van der Waals surface area contributed by atoms with Crippen molar-refractivity contribution in [3.63, 3.8) is 0 Å². The van der Waals surface area contributed by atoms with E-state index in [9.17, 15) is 19.5 Å². The molecule has 0 amide bonds. The van der Waals surface area contributed by atoms with Crippen molar-refractivity contribution in [1.82, 2.24) is 0 Å². The first-order chi connectivity index (χ1) is 24.5. The zero-order valence-corrected chi connectivity index (χ0v) is 31.3. The first kappa shape index (κ1) is 41.3. The lowest BCUT2D eigenvalue weighted by Crippen LogP contribution is -2.20. The molecule has 8 nitrogen and oxygen atoms in total. The summed E-state index contributed by atoms with van der Waals surface area (Å²) in [5.74, 6) is 0.0489. The Morgan fingerprint density at radius 2 is 1.37 bits per heavy atom. The fraction of sp³-hybridized carbons (Fsp3) is 0.512. The van der Waals surface area contributed by atoms with Gasteiger partial charge in [0, 0.05) is 40.9 Å². The van der Waals surface area contributed by atoms with E-state index in [4.69, 9.17) is 18.9 Å². The van der Waals surface area contributed by atoms with Gasteiger partial charge in [-0.05, 0) is 99.5 Å². The third kappa shape index (κ3) is 12.8. The number of aliphatic hydroxyl groups excluding tert-OH is 1. The summed E-state index contributed by atoms with van der Waals surface area (Å²) in [7, 11) is 0. The summed E-state index contributed by atoms with van der Waals surface area (Å²) in [6.45, 7) is 18.6. The number of carbonyl (C=O) groups is 3. The van der Waals surface area contributed by atoms with Crippen molar-refractivity contribution in [2.45, 2.75) is 111 Å². The molecule has 8 heteroatoms. The van der Waals surface area contributed by atoms with Gasteiger partial charge in [0.05, 0.1) is 6.61 Å². The molecule has 0 saturated heterocycles. The summed E-state index contributed by atoms with van der Waals surface area (Å²) in [5, 5.41) is 9.35. The van der Waals surface area contributed by atoms with Crippen LogP contribution in [0.1, 0.15) is 114 Å². The van der Waals surface area contributed by atoms with Gasteiger partial charge in [-0.3, -0.25) is 0 Å². The minimum atomic E-state index is -0.490. The molecule has 0 unspecified atom stereocenters. The van der Waals surface area contributed by atoms with Crippen molar-refractivity contribution in [3.05, 3.63) is 89.0 Å². The molecule has 0 aromatic heterocycles. The number of aryl methyl sites for hydroxylation is 1. The maximum absolute atomic E-state index is 12.7. The van der Waals surface area contributed by atoms with Crippen LogP contribution in [0.25, 0.3) is 11.1 Å². The van der Waals surface area contributed by atoms with Crippen molar-refractivity contribution < 1.29 is 38.4 Å². The summed E-state index contributed by atoms with van der Waals surface area (Å²) in [6.07, 6.45) is 10.9. The lowest BCUT2D eigenvalue weighted by Gasteiger charge is -2.33. The quantitative estimate of drug-likeness (QED) is 0.0595. The first-order valence-electron chi connectivity index (χ1n) is 18.5. The molecule has 0 atom stereocenters. The van der Waals surface area contributed by atoms with Crippen molar-refractivity contribution in [3.8, 4) is 16.9 Å². The molecule has 51 heavy (non-hydrogen) atoms. The van der Waals surface area contributed by atoms with Crippen LogP contribution in [-0.4, -0.2) is 49.4 Å². The second-order valence-electron chi connectivity index (χ2n) is 13.8. The van der Waals surface area contributed by atoms with Gasteiger partial charge in [0.1, 0.15) is 25.6 Å². The van der Waals surface area contributed by atoms with Gasteiger partial charge < -0.3 is 24.1 Å². The lowest BCUT2D eigenvalue weighted by atomic mass is 9.73. The van der Waals surface area contributed by atoms with Gasteiger partial charge in [-0.15, -0.1) is 0 Å². The maximum Gasteiger partial charge on any atom is 0.333 e. The third-order valence-electron chi connectivity index (χ3n) is 9.42. The Morgan fingerprint density at radius 1 is 0.765 bits per heavy atom. The molecular weight excluding hydrogens is 644 g/mol. The molecule has 2 aromatic rings. The van der Waals surface area contributed by atoms with Crippen LogP contribution in [-0.2, 0) is 48.0 Å². The third-order valence-corrected chi connectivity index (χ3v) is 9.42. The highest BCUT2D eigenvalue weighted by Crippen LogP contribution is 2.46. The van der Waals surface area contributed by atoms with Gasteiger partial charge in [0.15, 0.2) is 0 Å². The van der Waals surface area contributed by atoms with E-state index in [2.05, 4.69) is 32.7 Å². The molecule has 0 heterocycles. The zero-order valence-electron chi connectivity index (χ0n) is 31.3. The highest BCUT2D eigenvalue weighted by atomic mass is 16.6. The van der Waals surface area contributed by atoms with Crippen molar-refractivity contribution in [2.75, 3.05) is 26.4 Å². The fourth-order valence-corrected chi connectivity index (χ4v) is 6.65. The number of esters is 3. The molecule has 1 saturated carbocycles. The molecule has 1 N–H and O–H groups in total. The summed E-state index contributed by atoms with van der Waals surface area (Å²) in [5.41, 5.74) is 6.52. The topological polar surface area (TPSA) is 108 Å². The van der Waals surface area contributed by atoms with Crippen LogP contribution >= 0.6 is 0 Å². The van der Waals surface area contributed by atoms with E-state index in [0.717, 1.165) is 65.5 Å². The average molecular weight is 703 g/mol. The second kappa shape index (κ2) is 21.3. The minimum Gasteiger partial charge on any atom is -0.489 e. The Kier molecular flexibility index (Phi) is 17.2. The fourth-order valence-electron chi connectivity index (χ4n) is 6.65. The summed E-state index contributed by atoms with van der Waals surface area (Å²) >= 11 is 0. The summed E-state index contributed by atoms with van der Waals surface area (Å²) < 4.78 is 23.4. The van der Waals surface area contributed by atoms with Crippen molar-refractivity contribution in [1.29, 1.82) is 0 Å². The molecule has 0 bridgehead atoms. The number of aliphatic hydroxyl groups is 1. The number of ether oxygens (including phenoxy) is 4. The molecule has 0 radical (unpaired) electrons. The molecule has 1 aliphatic carbocycles. The number of hydrogen-bond donors (Lipinski definition) is 1. The largest absolute Gasteiger partial charge is 0.489 e. The summed E-state index contributed by atoms with van der Waals surface area (Å²) in [4.78, 5) is 37.4. The van der Waals surface area contributed by atoms with Gasteiger partial charge in [0.2, 0.25) is 0 Å². The zero-order chi connectivity index (χ0) is 37.3. The molecule has 0 aliphatic heterocycles. The highest BCUT2D eigenvalue weighted by Gasteiger charge is 2.30. The minimum absolute atomic E-state index is 0.0193. The smallest absolute Gasteiger partial charge is 0.333 e. The molecule has 3 rings (SSSR count). The molecule has 2 aromatic carbocycles. The van der Waals surface area contributed by atoms with E-state index in [0.29, 0.717) is 41.2 Å². The van der Waals surface area contributed by atoms with E-state index >= 15 is 0 Å². The van der Waals surface area contributed by atoms with Crippen LogP contribution in [0.3, 0.4) is 0 Å². The Hall–Kier alpha value is -4.17. The molecule has 0 spiro atoms. The van der Waals surface area contributed by atoms with Crippen LogP contribution in [0.4, 0.5) is 0 Å². The van der Waals surface area contributed by atoms with Crippen LogP contribution in [0.5, 0.6) is 5.75 Å². The highest BCUT2D eigenvalue weighted by molar-refractivity contribution is 5.88. The monoisotopic (exact) mass is 702 g/mol. The molecule has 278 valence electrons. The standard InChI is InChI=1S/C43H58O8/c1-8-9-10-12-32-16-20-35(21-17-32)39-36(28-51-43(47)31(6)7)27-38(34-18-14-33(15-19-34)13-11-23-44)40(48-25-26-50-42(46)30(4)5)37(39)22-24-49-41(45)29(2)3/h14-15,18-19,27,32,35,44H,2,4,6,8-13,16-17,20-26,28H2,1,3,5,7H3. The number of benzene rings is 2. The Balaban J connectivity index is 2.18. The molecule has 1 fully saturated rings. The SMILES string of the molecule is C=C(C)C(=O)OCCOc1c(-c2ccc(CCCO)cc2)cc(COC(=O)C(=C)C)c(C2CCC(CCCCC)CC2)c1CCOC(=O)C(=C)C. The predicted octanol–water partition coefficient (Wildman–Crippen LogP) is 8.91. The van der Waals surface area contributed by atoms with Crippen LogP contribution < -0.4 is 4.74 Å². The first-order valence-corrected chi connectivity index (χ1v) is 18.5. The van der Waals surface area contributed by atoms with E-state index < -0.39 is 17.9 Å². The molecule has 1 aliphatic rings. The predicted molar refractivity (Wildman–Crippen MR) is 201 cm³/mol. The Bertz CT molecular complexity index is 1510. The molecular formula is C43H58O8. The van der Waals surface area contributed by atoms with Crippen LogP contribution in [0.2, 0.25) is 0 Å². The Labute approximate surface area is 304 Å². The van der Waals surface area contributed by atoms with Crippen molar-refractivity contribution >= 4 is 17.9 Å². The summed E-state index contributed by atoms with van der Waals surface area (Å²) in [6, 6.07) is 10.2. The van der Waals surface area contributed by atoms with Crippen molar-refractivity contribution in [2.24, 2.45) is 5.92 Å². The van der Waals surface area contributed by atoms with E-state index in [1.165, 1.54) is 25.7 Å². The second-order valence-corrected chi connectivity index (χ2v) is 13.8. The van der Waals surface area contributed by atoms with Gasteiger partial charge >= 0.3 is 17.9 Å². The van der Waals surface area contributed by atoms with Crippen LogP contribution in [0.15, 0.2) is 66.8 Å². The number of hydrogen-bond acceptors (Lipinski definition) is 8. The maximum atomic E-state index is 12.7. The van der Waals surface area contributed by atoms with E-state index in [1.54, 1.807) is 20.8 Å². The van der Waals surface area contributed by atoms with E-state index in [1.807, 2.05) is 24.3 Å². The number of unbranched alkanes of at least 4 members (excludes halogenated alkanes) is 2. The van der Waals surface area contributed by atoms with E-state index in [-0.39, 0.29) is 39.0 Å². The number of carbonyl (C=O) groups excluding carboxylic acids is 3.